The molecule has 2 aliphatic rings. The molecule has 1 aliphatic carbocycles. The molecule has 0 aromatic carbocycles. The van der Waals surface area contributed by atoms with Crippen molar-refractivity contribution >= 4 is 35.5 Å². The van der Waals surface area contributed by atoms with E-state index in [2.05, 4.69) is 27.8 Å². The van der Waals surface area contributed by atoms with Gasteiger partial charge in [-0.3, -0.25) is 19.2 Å². The molecule has 12 nitrogen and oxygen atoms in total. The molecule has 0 bridgehead atoms. The number of amides is 5. The van der Waals surface area contributed by atoms with Crippen molar-refractivity contribution in [3.63, 3.8) is 0 Å². The lowest BCUT2D eigenvalue weighted by molar-refractivity contribution is -0.143. The first-order valence-electron chi connectivity index (χ1n) is 15.8. The van der Waals surface area contributed by atoms with Crippen molar-refractivity contribution in [2.45, 2.75) is 116 Å². The third-order valence-corrected chi connectivity index (χ3v) is 8.66. The molecular formula is C31H51N5O7. The lowest BCUT2D eigenvalue weighted by atomic mass is 9.83. The largest absolute Gasteiger partial charge is 0.480 e. The Morgan fingerprint density at radius 2 is 1.63 bits per heavy atom. The van der Waals surface area contributed by atoms with Crippen LogP contribution in [0.1, 0.15) is 91.9 Å². The number of nitrogens with zero attached hydrogens (tertiary/aromatic N) is 1. The summed E-state index contributed by atoms with van der Waals surface area (Å²) in [6.45, 7) is 11.6. The van der Waals surface area contributed by atoms with Crippen molar-refractivity contribution < 1.29 is 33.9 Å². The van der Waals surface area contributed by atoms with E-state index in [1.165, 1.54) is 11.0 Å². The highest BCUT2D eigenvalue weighted by atomic mass is 16.4. The van der Waals surface area contributed by atoms with Gasteiger partial charge in [-0.2, -0.15) is 0 Å². The Kier molecular flexibility index (Phi) is 14.7. The molecule has 5 atom stereocenters. The first-order valence-corrected chi connectivity index (χ1v) is 15.8. The first kappa shape index (κ1) is 35.8. The minimum absolute atomic E-state index is 0.0118. The minimum Gasteiger partial charge on any atom is -0.480 e. The molecule has 12 heteroatoms. The summed E-state index contributed by atoms with van der Waals surface area (Å²) in [5.41, 5.74) is 0. The molecule has 1 unspecified atom stereocenters. The molecule has 0 aromatic rings. The van der Waals surface area contributed by atoms with Gasteiger partial charge in [0.25, 0.3) is 5.91 Å². The third kappa shape index (κ3) is 10.4. The zero-order valence-corrected chi connectivity index (χ0v) is 26.2. The second-order valence-corrected chi connectivity index (χ2v) is 12.1. The Balaban J connectivity index is 2.33. The standard InChI is InChI=1S/C31H51N5O7/c1-6-9-15-23(26(37)28(39)32-16-7-2)33-27(38)24-17-21(19(4)5)18-36(24)29(40)25(20-13-11-10-12-14-20)35-31(43)34-22(8-3)30(41)42/h7,19-25H,2,6,8-18H2,1,3-5H3,(H,32,39)(H,33,38)(H,41,42)(H2,34,35,43)/t21-,22+,23?,24+,25+/m1/s1. The normalized spacial score (nSPS) is 20.9. The van der Waals surface area contributed by atoms with Crippen LogP contribution in [0.3, 0.4) is 0 Å². The fourth-order valence-corrected chi connectivity index (χ4v) is 5.91. The van der Waals surface area contributed by atoms with Crippen LogP contribution in [-0.2, 0) is 24.0 Å². The topological polar surface area (TPSA) is 174 Å². The highest BCUT2D eigenvalue weighted by molar-refractivity contribution is 6.38. The number of ketones is 1. The van der Waals surface area contributed by atoms with Crippen LogP contribution < -0.4 is 21.3 Å². The summed E-state index contributed by atoms with van der Waals surface area (Å²) >= 11 is 0. The fraction of sp³-hybridized carbons (Fsp3) is 0.742. The molecule has 0 radical (unpaired) electrons. The highest BCUT2D eigenvalue weighted by Crippen LogP contribution is 2.33. The van der Waals surface area contributed by atoms with E-state index in [0.717, 1.165) is 38.5 Å². The molecule has 2 rings (SSSR count). The van der Waals surface area contributed by atoms with Gasteiger partial charge in [0.2, 0.25) is 17.6 Å². The van der Waals surface area contributed by atoms with Crippen LogP contribution in [0.4, 0.5) is 4.79 Å². The maximum Gasteiger partial charge on any atom is 0.326 e. The number of carbonyl (C=O) groups is 6. The molecule has 1 saturated carbocycles. The quantitative estimate of drug-likeness (QED) is 0.133. The number of carbonyl (C=O) groups excluding carboxylic acids is 5. The average molecular weight is 606 g/mol. The average Bonchev–Trinajstić information content (AvgIpc) is 3.45. The molecule has 5 N–H and O–H groups in total. The summed E-state index contributed by atoms with van der Waals surface area (Å²) in [4.78, 5) is 79.3. The van der Waals surface area contributed by atoms with Crippen molar-refractivity contribution in [2.24, 2.45) is 17.8 Å². The first-order chi connectivity index (χ1) is 20.4. The van der Waals surface area contributed by atoms with Gasteiger partial charge >= 0.3 is 12.0 Å². The summed E-state index contributed by atoms with van der Waals surface area (Å²) in [7, 11) is 0. The van der Waals surface area contributed by atoms with Crippen molar-refractivity contribution in [1.29, 1.82) is 0 Å². The van der Waals surface area contributed by atoms with Gasteiger partial charge in [-0.25, -0.2) is 9.59 Å². The van der Waals surface area contributed by atoms with Crippen molar-refractivity contribution in [1.82, 2.24) is 26.2 Å². The predicted octanol–water partition coefficient (Wildman–Crippen LogP) is 2.52. The Hall–Kier alpha value is -3.44. The lowest BCUT2D eigenvalue weighted by Gasteiger charge is -2.35. The van der Waals surface area contributed by atoms with E-state index in [-0.39, 0.29) is 37.1 Å². The molecule has 2 fully saturated rings. The van der Waals surface area contributed by atoms with E-state index < -0.39 is 59.7 Å². The van der Waals surface area contributed by atoms with Crippen LogP contribution in [0, 0.1) is 17.8 Å². The molecular weight excluding hydrogens is 554 g/mol. The third-order valence-electron chi connectivity index (χ3n) is 8.66. The lowest BCUT2D eigenvalue weighted by Crippen LogP contribution is -2.59. The molecule has 0 aromatic heterocycles. The Morgan fingerprint density at radius 3 is 2.19 bits per heavy atom. The van der Waals surface area contributed by atoms with E-state index in [1.807, 2.05) is 20.8 Å². The van der Waals surface area contributed by atoms with Gasteiger partial charge in [0.1, 0.15) is 18.1 Å². The number of hydrogen-bond acceptors (Lipinski definition) is 6. The van der Waals surface area contributed by atoms with Crippen LogP contribution >= 0.6 is 0 Å². The Morgan fingerprint density at radius 1 is 0.953 bits per heavy atom. The summed E-state index contributed by atoms with van der Waals surface area (Å²) in [6.07, 6.45) is 7.95. The van der Waals surface area contributed by atoms with Gasteiger partial charge in [-0.05, 0) is 49.9 Å². The number of rotatable bonds is 16. The molecule has 1 heterocycles. The number of nitrogens with one attached hydrogen (secondary N) is 4. The number of urea groups is 1. The van der Waals surface area contributed by atoms with Crippen LogP contribution in [0.25, 0.3) is 0 Å². The molecule has 5 amide bonds. The van der Waals surface area contributed by atoms with Gasteiger partial charge in [-0.1, -0.05) is 65.9 Å². The Bertz CT molecular complexity index is 1010. The van der Waals surface area contributed by atoms with Gasteiger partial charge in [-0.15, -0.1) is 6.58 Å². The summed E-state index contributed by atoms with van der Waals surface area (Å²) in [5, 5.41) is 19.8. The smallest absolute Gasteiger partial charge is 0.326 e. The second-order valence-electron chi connectivity index (χ2n) is 12.1. The van der Waals surface area contributed by atoms with E-state index in [1.54, 1.807) is 6.92 Å². The minimum atomic E-state index is -1.17. The van der Waals surface area contributed by atoms with Gasteiger partial charge < -0.3 is 31.3 Å². The van der Waals surface area contributed by atoms with E-state index >= 15 is 0 Å². The van der Waals surface area contributed by atoms with Crippen LogP contribution in [0.15, 0.2) is 12.7 Å². The predicted molar refractivity (Wildman–Crippen MR) is 162 cm³/mol. The van der Waals surface area contributed by atoms with Crippen LogP contribution in [0.5, 0.6) is 0 Å². The number of likely N-dealkylation sites (tertiary alicyclic amines) is 1. The maximum absolute atomic E-state index is 14.2. The number of aliphatic carboxylic acids is 1. The molecule has 1 saturated heterocycles. The summed E-state index contributed by atoms with van der Waals surface area (Å²) in [6, 6.07) is -4.69. The maximum atomic E-state index is 14.2. The monoisotopic (exact) mass is 605 g/mol. The zero-order chi connectivity index (χ0) is 32.1. The van der Waals surface area contributed by atoms with E-state index in [4.69, 9.17) is 0 Å². The SMILES string of the molecule is C=CCNC(=O)C(=O)C(CCCC)NC(=O)[C@@H]1C[C@@H](C(C)C)CN1C(=O)[C@@H](NC(=O)N[C@@H](CC)C(=O)O)C1CCCCC1. The summed E-state index contributed by atoms with van der Waals surface area (Å²) in [5.74, 6) is -3.61. The number of unbranched alkanes of at least 4 members (excludes halogenated alkanes) is 1. The van der Waals surface area contributed by atoms with Gasteiger partial charge in [0.05, 0.1) is 6.04 Å². The number of carboxylic acids is 1. The number of hydrogen-bond donors (Lipinski definition) is 5. The van der Waals surface area contributed by atoms with E-state index in [9.17, 15) is 33.9 Å². The van der Waals surface area contributed by atoms with Crippen molar-refractivity contribution in [3.8, 4) is 0 Å². The van der Waals surface area contributed by atoms with Gasteiger partial charge in [0.15, 0.2) is 0 Å². The molecule has 43 heavy (non-hydrogen) atoms. The zero-order valence-electron chi connectivity index (χ0n) is 26.2. The van der Waals surface area contributed by atoms with Crippen LogP contribution in [-0.4, -0.2) is 82.8 Å². The fourth-order valence-electron chi connectivity index (χ4n) is 5.91. The number of carboxylic acid groups (broad SMARTS) is 1. The van der Waals surface area contributed by atoms with E-state index in [0.29, 0.717) is 19.4 Å². The Labute approximate surface area is 255 Å². The second kappa shape index (κ2) is 17.6. The van der Waals surface area contributed by atoms with Crippen molar-refractivity contribution in [2.75, 3.05) is 13.1 Å². The number of Topliss-reactive ketones (excluding diaryl/α,β-unsaturated/α-hetero) is 1. The summed E-state index contributed by atoms with van der Waals surface area (Å²) < 4.78 is 0. The van der Waals surface area contributed by atoms with Crippen molar-refractivity contribution in [3.05, 3.63) is 12.7 Å². The molecule has 0 spiro atoms. The van der Waals surface area contributed by atoms with Crippen LogP contribution in [0.2, 0.25) is 0 Å². The molecule has 1 aliphatic heterocycles. The highest BCUT2D eigenvalue weighted by Gasteiger charge is 2.45. The molecule has 242 valence electrons. The van der Waals surface area contributed by atoms with Gasteiger partial charge in [0, 0.05) is 13.1 Å².